The highest BCUT2D eigenvalue weighted by molar-refractivity contribution is 7.15. The number of carbonyl (C=O) groups excluding carboxylic acids is 2. The molecule has 2 N–H and O–H groups in total. The van der Waals surface area contributed by atoms with Crippen molar-refractivity contribution < 1.29 is 24.0 Å². The van der Waals surface area contributed by atoms with E-state index in [1.165, 1.54) is 16.2 Å². The summed E-state index contributed by atoms with van der Waals surface area (Å²) in [6, 6.07) is 7.97. The first-order valence-electron chi connectivity index (χ1n) is 10.0. The number of morpholine rings is 1. The molecule has 0 aliphatic carbocycles. The maximum absolute atomic E-state index is 12.7. The fourth-order valence-corrected chi connectivity index (χ4v) is 4.71. The van der Waals surface area contributed by atoms with Crippen molar-refractivity contribution in [3.05, 3.63) is 40.8 Å². The Morgan fingerprint density at radius 2 is 1.86 bits per heavy atom. The van der Waals surface area contributed by atoms with Gasteiger partial charge in [-0.05, 0) is 33.3 Å². The van der Waals surface area contributed by atoms with Gasteiger partial charge in [-0.2, -0.15) is 0 Å². The average molecular weight is 418 g/mol. The van der Waals surface area contributed by atoms with E-state index in [-0.39, 0.29) is 24.7 Å². The highest BCUT2D eigenvalue weighted by Crippen LogP contribution is 2.36. The highest BCUT2D eigenvalue weighted by atomic mass is 32.1. The number of esters is 1. The number of aryl methyl sites for hydroxylation is 1. The van der Waals surface area contributed by atoms with Gasteiger partial charge in [0.05, 0.1) is 6.61 Å². The second kappa shape index (κ2) is 9.52. The van der Waals surface area contributed by atoms with Crippen molar-refractivity contribution in [3.8, 4) is 11.1 Å². The molecule has 2 atom stereocenters. The monoisotopic (exact) mass is 417 g/mol. The minimum atomic E-state index is -0.416. The summed E-state index contributed by atoms with van der Waals surface area (Å²) in [6.45, 7) is 10.1. The van der Waals surface area contributed by atoms with Gasteiger partial charge in [0.1, 0.15) is 35.9 Å². The number of thiophene rings is 1. The Bertz CT molecular complexity index is 852. The number of quaternary nitrogens is 1. The molecular weight excluding hydrogens is 388 g/mol. The van der Waals surface area contributed by atoms with Gasteiger partial charge >= 0.3 is 5.97 Å². The largest absolute Gasteiger partial charge is 0.462 e. The van der Waals surface area contributed by atoms with Crippen molar-refractivity contribution in [1.82, 2.24) is 0 Å². The van der Waals surface area contributed by atoms with Gasteiger partial charge in [-0.25, -0.2) is 4.79 Å². The summed E-state index contributed by atoms with van der Waals surface area (Å²) < 4.78 is 11.0. The summed E-state index contributed by atoms with van der Waals surface area (Å²) in [6.07, 6.45) is 0.262. The van der Waals surface area contributed by atoms with Crippen LogP contribution in [0.15, 0.2) is 29.6 Å². The molecule has 1 amide bonds. The number of carbonyl (C=O) groups is 2. The summed E-state index contributed by atoms with van der Waals surface area (Å²) in [5.41, 5.74) is 3.28. The minimum absolute atomic E-state index is 0.107. The van der Waals surface area contributed by atoms with Crippen molar-refractivity contribution in [1.29, 1.82) is 0 Å². The molecule has 0 unspecified atom stereocenters. The topological polar surface area (TPSA) is 69.1 Å². The third kappa shape index (κ3) is 5.44. The van der Waals surface area contributed by atoms with Crippen molar-refractivity contribution in [2.45, 2.75) is 39.9 Å². The average Bonchev–Trinajstić information content (AvgIpc) is 3.05. The second-order valence-corrected chi connectivity index (χ2v) is 8.46. The van der Waals surface area contributed by atoms with Crippen LogP contribution in [0.25, 0.3) is 11.1 Å². The standard InChI is InChI=1S/C22H28N2O4S/c1-5-27-22(26)20-18(17-8-6-14(2)7-9-17)13-29-21(20)23-19(25)12-24-10-15(3)28-16(4)11-24/h6-9,13,15-16H,5,10-12H2,1-4H3,(H,23,25)/p+1/t15-,16-/m1/s1. The summed E-state index contributed by atoms with van der Waals surface area (Å²) >= 11 is 1.35. The first-order chi connectivity index (χ1) is 13.9. The number of hydrogen-bond donors (Lipinski definition) is 2. The molecule has 1 fully saturated rings. The molecule has 29 heavy (non-hydrogen) atoms. The van der Waals surface area contributed by atoms with Crippen molar-refractivity contribution in [3.63, 3.8) is 0 Å². The lowest BCUT2D eigenvalue weighted by molar-refractivity contribution is -0.907. The third-order valence-electron chi connectivity index (χ3n) is 4.91. The van der Waals surface area contributed by atoms with E-state index >= 15 is 0 Å². The third-order valence-corrected chi connectivity index (χ3v) is 5.81. The number of hydrogen-bond acceptors (Lipinski definition) is 5. The van der Waals surface area contributed by atoms with Crippen LogP contribution in [-0.2, 0) is 14.3 Å². The van der Waals surface area contributed by atoms with Crippen LogP contribution in [-0.4, -0.2) is 50.3 Å². The molecule has 1 aromatic carbocycles. The number of nitrogens with one attached hydrogen (secondary N) is 2. The van der Waals surface area contributed by atoms with Crippen LogP contribution in [0.5, 0.6) is 0 Å². The smallest absolute Gasteiger partial charge is 0.341 e. The van der Waals surface area contributed by atoms with Gasteiger partial charge in [0, 0.05) is 10.9 Å². The van der Waals surface area contributed by atoms with Crippen LogP contribution in [0.4, 0.5) is 5.00 Å². The lowest BCUT2D eigenvalue weighted by atomic mass is 10.0. The van der Waals surface area contributed by atoms with Crippen molar-refractivity contribution in [2.24, 2.45) is 0 Å². The normalized spacial score (nSPS) is 21.6. The number of benzene rings is 1. The van der Waals surface area contributed by atoms with Crippen LogP contribution in [0.1, 0.15) is 36.7 Å². The van der Waals surface area contributed by atoms with Gasteiger partial charge < -0.3 is 19.7 Å². The number of ether oxygens (including phenoxy) is 2. The van der Waals surface area contributed by atoms with Crippen LogP contribution in [0, 0.1) is 6.92 Å². The summed E-state index contributed by atoms with van der Waals surface area (Å²) in [7, 11) is 0. The lowest BCUT2D eigenvalue weighted by Gasteiger charge is -2.31. The Balaban J connectivity index is 1.80. The zero-order chi connectivity index (χ0) is 21.0. The van der Waals surface area contributed by atoms with E-state index in [1.54, 1.807) is 6.92 Å². The summed E-state index contributed by atoms with van der Waals surface area (Å²) in [4.78, 5) is 26.5. The highest BCUT2D eigenvalue weighted by Gasteiger charge is 2.28. The maximum atomic E-state index is 12.7. The number of amides is 1. The minimum Gasteiger partial charge on any atom is -0.462 e. The van der Waals surface area contributed by atoms with E-state index in [9.17, 15) is 9.59 Å². The van der Waals surface area contributed by atoms with Crippen molar-refractivity contribution >= 4 is 28.2 Å². The Labute approximate surface area is 175 Å². The molecule has 0 spiro atoms. The molecule has 2 aromatic rings. The van der Waals surface area contributed by atoms with Gasteiger partial charge in [0.25, 0.3) is 5.91 Å². The zero-order valence-corrected chi connectivity index (χ0v) is 18.2. The van der Waals surface area contributed by atoms with Crippen LogP contribution in [0.2, 0.25) is 0 Å². The van der Waals surface area contributed by atoms with Gasteiger partial charge in [0.2, 0.25) is 0 Å². The number of rotatable bonds is 6. The number of anilines is 1. The molecule has 2 heterocycles. The first-order valence-corrected chi connectivity index (χ1v) is 10.9. The van der Waals surface area contributed by atoms with Gasteiger partial charge in [0.15, 0.2) is 6.54 Å². The predicted octanol–water partition coefficient (Wildman–Crippen LogP) is 2.53. The zero-order valence-electron chi connectivity index (χ0n) is 17.4. The molecule has 1 aliphatic heterocycles. The van der Waals surface area contributed by atoms with Crippen LogP contribution >= 0.6 is 11.3 Å². The Kier molecular flexibility index (Phi) is 7.05. The Morgan fingerprint density at radius 1 is 1.21 bits per heavy atom. The quantitative estimate of drug-likeness (QED) is 0.709. The summed E-state index contributed by atoms with van der Waals surface area (Å²) in [5, 5.41) is 5.39. The Morgan fingerprint density at radius 3 is 2.48 bits per heavy atom. The van der Waals surface area contributed by atoms with Gasteiger partial charge in [-0.15, -0.1) is 11.3 Å². The first kappa shape index (κ1) is 21.5. The van der Waals surface area contributed by atoms with Crippen LogP contribution in [0.3, 0.4) is 0 Å². The van der Waals surface area contributed by atoms with Gasteiger partial charge in [-0.3, -0.25) is 4.79 Å². The van der Waals surface area contributed by atoms with Crippen molar-refractivity contribution in [2.75, 3.05) is 31.6 Å². The molecule has 1 aromatic heterocycles. The maximum Gasteiger partial charge on any atom is 0.341 e. The Hall–Kier alpha value is -2.22. The van der Waals surface area contributed by atoms with Gasteiger partial charge in [-0.1, -0.05) is 29.8 Å². The van der Waals surface area contributed by atoms with E-state index in [4.69, 9.17) is 9.47 Å². The SMILES string of the molecule is CCOC(=O)c1c(-c2ccc(C)cc2)csc1NC(=O)C[NH+]1C[C@@H](C)O[C@H](C)C1. The fourth-order valence-electron chi connectivity index (χ4n) is 3.73. The molecule has 7 heteroatoms. The molecule has 0 saturated carbocycles. The van der Waals surface area contributed by atoms with E-state index in [0.717, 1.165) is 29.8 Å². The lowest BCUT2D eigenvalue weighted by Crippen LogP contribution is -3.16. The molecule has 0 bridgehead atoms. The molecule has 1 aliphatic rings. The second-order valence-electron chi connectivity index (χ2n) is 7.58. The molecule has 1 saturated heterocycles. The van der Waals surface area contributed by atoms with Crippen LogP contribution < -0.4 is 10.2 Å². The molecule has 3 rings (SSSR count). The van der Waals surface area contributed by atoms with E-state index < -0.39 is 5.97 Å². The molecular formula is C22H29N2O4S+. The van der Waals surface area contributed by atoms with E-state index in [0.29, 0.717) is 17.1 Å². The summed E-state index contributed by atoms with van der Waals surface area (Å²) in [5.74, 6) is -0.523. The fraction of sp³-hybridized carbons (Fsp3) is 0.455. The van der Waals surface area contributed by atoms with E-state index in [1.807, 2.05) is 50.4 Å². The predicted molar refractivity (Wildman–Crippen MR) is 115 cm³/mol. The molecule has 0 radical (unpaired) electrons. The molecule has 6 nitrogen and oxygen atoms in total. The van der Waals surface area contributed by atoms with E-state index in [2.05, 4.69) is 5.32 Å². The molecule has 156 valence electrons.